The summed E-state index contributed by atoms with van der Waals surface area (Å²) in [6, 6.07) is 21.4. The van der Waals surface area contributed by atoms with Crippen molar-refractivity contribution < 1.29 is 0 Å². The lowest BCUT2D eigenvalue weighted by molar-refractivity contribution is 0.580. The zero-order valence-electron chi connectivity index (χ0n) is 14.4. The third kappa shape index (κ3) is 5.13. The highest BCUT2D eigenvalue weighted by Crippen LogP contribution is 2.27. The average molecular weight is 309 g/mol. The first kappa shape index (κ1) is 17.1. The maximum absolute atomic E-state index is 4.74. The second-order valence-electron chi connectivity index (χ2n) is 5.79. The van der Waals surface area contributed by atoms with E-state index in [1.54, 1.807) is 0 Å². The Hall–Kier alpha value is -2.29. The number of nitrogens with one attached hydrogen (secondary N) is 1. The molecule has 0 aliphatic carbocycles. The number of nitrogens with zero attached hydrogens (tertiary/aromatic N) is 2. The van der Waals surface area contributed by atoms with E-state index in [-0.39, 0.29) is 0 Å². The molecule has 3 heteroatoms. The second-order valence-corrected chi connectivity index (χ2v) is 5.79. The Morgan fingerprint density at radius 1 is 0.957 bits per heavy atom. The Bertz CT molecular complexity index is 551. The van der Waals surface area contributed by atoms with E-state index >= 15 is 0 Å². The summed E-state index contributed by atoms with van der Waals surface area (Å²) in [5.41, 5.74) is 2.70. The summed E-state index contributed by atoms with van der Waals surface area (Å²) in [7, 11) is 4.04. The molecule has 0 spiro atoms. The van der Waals surface area contributed by atoms with Crippen LogP contribution >= 0.6 is 0 Å². The van der Waals surface area contributed by atoms with Crippen molar-refractivity contribution in [1.82, 2.24) is 10.2 Å². The Morgan fingerprint density at radius 3 is 1.91 bits per heavy atom. The second kappa shape index (κ2) is 8.99. The van der Waals surface area contributed by atoms with E-state index in [4.69, 9.17) is 4.99 Å². The van der Waals surface area contributed by atoms with Crippen molar-refractivity contribution in [2.24, 2.45) is 4.99 Å². The summed E-state index contributed by atoms with van der Waals surface area (Å²) in [5, 5.41) is 3.31. The molecule has 0 saturated carbocycles. The highest BCUT2D eigenvalue weighted by Gasteiger charge is 2.13. The normalized spacial score (nSPS) is 11.6. The van der Waals surface area contributed by atoms with E-state index in [2.05, 4.69) is 72.9 Å². The topological polar surface area (TPSA) is 27.6 Å². The predicted molar refractivity (Wildman–Crippen MR) is 99.0 cm³/mol. The van der Waals surface area contributed by atoms with Crippen LogP contribution in [0.3, 0.4) is 0 Å². The molecule has 1 N–H and O–H groups in total. The summed E-state index contributed by atoms with van der Waals surface area (Å²) in [6.45, 7) is 3.78. The van der Waals surface area contributed by atoms with Gasteiger partial charge in [-0.15, -0.1) is 0 Å². The zero-order valence-corrected chi connectivity index (χ0v) is 14.4. The fourth-order valence-corrected chi connectivity index (χ4v) is 2.71. The van der Waals surface area contributed by atoms with E-state index in [1.165, 1.54) is 11.1 Å². The predicted octanol–water partition coefficient (Wildman–Crippen LogP) is 3.74. The Morgan fingerprint density at radius 2 is 1.48 bits per heavy atom. The van der Waals surface area contributed by atoms with Gasteiger partial charge in [-0.25, -0.2) is 0 Å². The number of benzene rings is 2. The van der Waals surface area contributed by atoms with Gasteiger partial charge in [-0.1, -0.05) is 60.7 Å². The van der Waals surface area contributed by atoms with Crippen LogP contribution in [0.2, 0.25) is 0 Å². The van der Waals surface area contributed by atoms with Crippen molar-refractivity contribution in [3.05, 3.63) is 71.8 Å². The summed E-state index contributed by atoms with van der Waals surface area (Å²) < 4.78 is 0. The first-order valence-corrected chi connectivity index (χ1v) is 8.28. The number of aliphatic imine (C=N–C) groups is 1. The van der Waals surface area contributed by atoms with Crippen LogP contribution < -0.4 is 5.32 Å². The van der Waals surface area contributed by atoms with Crippen molar-refractivity contribution in [2.75, 3.05) is 27.2 Å². The molecule has 2 rings (SSSR count). The van der Waals surface area contributed by atoms with Crippen LogP contribution in [0.15, 0.2) is 65.7 Å². The van der Waals surface area contributed by atoms with E-state index in [0.29, 0.717) is 5.92 Å². The quantitative estimate of drug-likeness (QED) is 0.650. The van der Waals surface area contributed by atoms with Crippen LogP contribution in [0.4, 0.5) is 0 Å². The van der Waals surface area contributed by atoms with Gasteiger partial charge in [-0.05, 0) is 24.5 Å². The highest BCUT2D eigenvalue weighted by atomic mass is 15.3. The summed E-state index contributed by atoms with van der Waals surface area (Å²) in [5.74, 6) is 1.33. The molecular weight excluding hydrogens is 282 g/mol. The largest absolute Gasteiger partial charge is 0.357 e. The minimum absolute atomic E-state index is 0.381. The van der Waals surface area contributed by atoms with Crippen molar-refractivity contribution in [3.8, 4) is 0 Å². The fraction of sp³-hybridized carbons (Fsp3) is 0.350. The Kier molecular flexibility index (Phi) is 6.67. The first-order chi connectivity index (χ1) is 11.2. The lowest BCUT2D eigenvalue weighted by Crippen LogP contribution is -2.36. The van der Waals surface area contributed by atoms with Gasteiger partial charge in [-0.3, -0.25) is 4.99 Å². The Balaban J connectivity index is 2.15. The molecule has 0 unspecified atom stereocenters. The Labute approximate surface area is 140 Å². The van der Waals surface area contributed by atoms with E-state index in [1.807, 2.05) is 19.0 Å². The minimum atomic E-state index is 0.381. The van der Waals surface area contributed by atoms with Crippen LogP contribution in [0.1, 0.15) is 30.4 Å². The summed E-state index contributed by atoms with van der Waals surface area (Å²) >= 11 is 0. The zero-order chi connectivity index (χ0) is 16.5. The number of hydrogen-bond acceptors (Lipinski definition) is 1. The van der Waals surface area contributed by atoms with Crippen LogP contribution in [0.25, 0.3) is 0 Å². The molecule has 0 amide bonds. The van der Waals surface area contributed by atoms with Crippen molar-refractivity contribution in [3.63, 3.8) is 0 Å². The third-order valence-corrected chi connectivity index (χ3v) is 3.84. The number of rotatable bonds is 6. The lowest BCUT2D eigenvalue weighted by Gasteiger charge is -2.19. The maximum Gasteiger partial charge on any atom is 0.193 e. The molecule has 0 atom stereocenters. The SMILES string of the molecule is CCNC(=NCCC(c1ccccc1)c1ccccc1)N(C)C. The molecule has 0 fully saturated rings. The van der Waals surface area contributed by atoms with Gasteiger partial charge in [0.1, 0.15) is 0 Å². The molecule has 3 nitrogen and oxygen atoms in total. The lowest BCUT2D eigenvalue weighted by atomic mass is 9.89. The minimum Gasteiger partial charge on any atom is -0.357 e. The molecule has 0 heterocycles. The molecule has 0 aliphatic heterocycles. The molecule has 2 aromatic rings. The van der Waals surface area contributed by atoms with E-state index < -0.39 is 0 Å². The molecule has 0 bridgehead atoms. The van der Waals surface area contributed by atoms with E-state index in [0.717, 1.165) is 25.5 Å². The van der Waals surface area contributed by atoms with Gasteiger partial charge in [0, 0.05) is 33.1 Å². The number of guanidine groups is 1. The monoisotopic (exact) mass is 309 g/mol. The summed E-state index contributed by atoms with van der Waals surface area (Å²) in [6.07, 6.45) is 0.997. The molecule has 23 heavy (non-hydrogen) atoms. The van der Waals surface area contributed by atoms with Gasteiger partial charge < -0.3 is 10.2 Å². The maximum atomic E-state index is 4.74. The van der Waals surface area contributed by atoms with Crippen molar-refractivity contribution >= 4 is 5.96 Å². The smallest absolute Gasteiger partial charge is 0.193 e. The molecule has 0 radical (unpaired) electrons. The molecular formula is C20H27N3. The van der Waals surface area contributed by atoms with Gasteiger partial charge >= 0.3 is 0 Å². The third-order valence-electron chi connectivity index (χ3n) is 3.84. The van der Waals surface area contributed by atoms with Crippen LogP contribution in [-0.2, 0) is 0 Å². The molecule has 0 aromatic heterocycles. The van der Waals surface area contributed by atoms with Crippen molar-refractivity contribution in [1.29, 1.82) is 0 Å². The van der Waals surface area contributed by atoms with Gasteiger partial charge in [-0.2, -0.15) is 0 Å². The van der Waals surface area contributed by atoms with E-state index in [9.17, 15) is 0 Å². The van der Waals surface area contributed by atoms with Gasteiger partial charge in [0.05, 0.1) is 0 Å². The fourth-order valence-electron chi connectivity index (χ4n) is 2.71. The molecule has 122 valence electrons. The average Bonchev–Trinajstić information content (AvgIpc) is 2.59. The van der Waals surface area contributed by atoms with Gasteiger partial charge in [0.15, 0.2) is 5.96 Å². The van der Waals surface area contributed by atoms with Crippen molar-refractivity contribution in [2.45, 2.75) is 19.3 Å². The molecule has 0 aliphatic rings. The standard InChI is InChI=1S/C20H27N3/c1-4-21-20(23(2)3)22-16-15-19(17-11-7-5-8-12-17)18-13-9-6-10-14-18/h5-14,19H,4,15-16H2,1-3H3,(H,21,22). The highest BCUT2D eigenvalue weighted by molar-refractivity contribution is 5.79. The van der Waals surface area contributed by atoms with Crippen LogP contribution in [0.5, 0.6) is 0 Å². The van der Waals surface area contributed by atoms with Crippen LogP contribution in [-0.4, -0.2) is 38.0 Å². The first-order valence-electron chi connectivity index (χ1n) is 8.28. The van der Waals surface area contributed by atoms with Gasteiger partial charge in [0.2, 0.25) is 0 Å². The van der Waals surface area contributed by atoms with Gasteiger partial charge in [0.25, 0.3) is 0 Å². The molecule has 2 aromatic carbocycles. The summed E-state index contributed by atoms with van der Waals surface area (Å²) in [4.78, 5) is 6.77. The van der Waals surface area contributed by atoms with Crippen LogP contribution in [0, 0.1) is 0 Å². The number of hydrogen-bond donors (Lipinski definition) is 1. The molecule has 0 saturated heterocycles.